The Hall–Kier alpha value is -3.47. The van der Waals surface area contributed by atoms with E-state index in [-0.39, 0.29) is 11.9 Å². The maximum atomic E-state index is 12.3. The number of rotatable bonds is 19. The molecule has 1 aromatic heterocycles. The topological polar surface area (TPSA) is 68.3 Å². The Bertz CT molecular complexity index is 985. The molecule has 0 bridgehead atoms. The zero-order valence-electron chi connectivity index (χ0n) is 24.4. The quantitative estimate of drug-likeness (QED) is 0.143. The molecule has 0 aliphatic rings. The van der Waals surface area contributed by atoms with Gasteiger partial charge in [-0.05, 0) is 77.8 Å². The Labute approximate surface area is 236 Å². The summed E-state index contributed by atoms with van der Waals surface area (Å²) in [5.74, 6) is -0.416. The van der Waals surface area contributed by atoms with Crippen molar-refractivity contribution in [3.63, 3.8) is 0 Å². The number of pyridine rings is 1. The van der Waals surface area contributed by atoms with Crippen LogP contribution in [-0.2, 0) is 9.53 Å². The highest BCUT2D eigenvalue weighted by atomic mass is 16.6. The Morgan fingerprint density at radius 3 is 1.87 bits per heavy atom. The summed E-state index contributed by atoms with van der Waals surface area (Å²) in [6.45, 7) is 7.77. The lowest BCUT2D eigenvalue weighted by molar-refractivity contribution is -0.121. The second kappa shape index (κ2) is 21.5. The summed E-state index contributed by atoms with van der Waals surface area (Å²) in [6, 6.07) is 3.26. The van der Waals surface area contributed by atoms with Crippen LogP contribution in [0.5, 0.6) is 0 Å². The van der Waals surface area contributed by atoms with Gasteiger partial charge in [-0.3, -0.25) is 9.78 Å². The first-order valence-electron chi connectivity index (χ1n) is 14.2. The maximum absolute atomic E-state index is 12.3. The zero-order valence-corrected chi connectivity index (χ0v) is 24.4. The first kappa shape index (κ1) is 33.6. The number of hydrogen-bond acceptors (Lipinski definition) is 4. The normalized spacial score (nSPS) is 13.5. The van der Waals surface area contributed by atoms with Crippen molar-refractivity contribution < 1.29 is 14.3 Å². The van der Waals surface area contributed by atoms with Gasteiger partial charge in [0.05, 0.1) is 5.56 Å². The molecule has 1 unspecified atom stereocenters. The Kier molecular flexibility index (Phi) is 18.5. The van der Waals surface area contributed by atoms with E-state index in [4.69, 9.17) is 4.74 Å². The van der Waals surface area contributed by atoms with Gasteiger partial charge in [-0.15, -0.1) is 0 Å². The van der Waals surface area contributed by atoms with Crippen LogP contribution in [0.1, 0.15) is 95.8 Å². The molecular formula is C34H48N2O3. The Morgan fingerprint density at radius 2 is 1.38 bits per heavy atom. The van der Waals surface area contributed by atoms with Crippen molar-refractivity contribution in [3.05, 3.63) is 103 Å². The first-order valence-corrected chi connectivity index (χ1v) is 14.2. The van der Waals surface area contributed by atoms with Crippen LogP contribution in [0.3, 0.4) is 0 Å². The summed E-state index contributed by atoms with van der Waals surface area (Å²) < 4.78 is 5.62. The third kappa shape index (κ3) is 19.3. The van der Waals surface area contributed by atoms with E-state index in [2.05, 4.69) is 84.1 Å². The highest BCUT2D eigenvalue weighted by Crippen LogP contribution is 2.19. The molecule has 1 amide bonds. The van der Waals surface area contributed by atoms with E-state index in [1.54, 1.807) is 18.3 Å². The van der Waals surface area contributed by atoms with Crippen LogP contribution >= 0.6 is 0 Å². The van der Waals surface area contributed by atoms with Gasteiger partial charge in [-0.25, -0.2) is 4.79 Å². The number of ether oxygens (including phenoxy) is 1. The van der Waals surface area contributed by atoms with Crippen LogP contribution in [0.25, 0.3) is 0 Å². The van der Waals surface area contributed by atoms with Gasteiger partial charge in [0.25, 0.3) is 0 Å². The molecule has 1 atom stereocenters. The molecule has 1 N–H and O–H groups in total. The molecule has 0 saturated heterocycles. The molecule has 0 radical (unpaired) electrons. The van der Waals surface area contributed by atoms with Crippen LogP contribution in [0.15, 0.2) is 97.4 Å². The van der Waals surface area contributed by atoms with E-state index < -0.39 is 11.6 Å². The Morgan fingerprint density at radius 1 is 0.872 bits per heavy atom. The second-order valence-electron chi connectivity index (χ2n) is 10.0. The lowest BCUT2D eigenvalue weighted by Crippen LogP contribution is -2.40. The summed E-state index contributed by atoms with van der Waals surface area (Å²) in [5, 5.41) is 3.00. The van der Waals surface area contributed by atoms with Gasteiger partial charge >= 0.3 is 5.97 Å². The number of hydrogen-bond donors (Lipinski definition) is 1. The molecule has 0 fully saturated rings. The number of carbonyl (C=O) groups is 2. The van der Waals surface area contributed by atoms with Gasteiger partial charge in [-0.1, -0.05) is 79.8 Å². The van der Waals surface area contributed by atoms with Gasteiger partial charge in [0.2, 0.25) is 5.91 Å². The number of aromatic nitrogens is 1. The van der Waals surface area contributed by atoms with E-state index in [1.165, 1.54) is 6.20 Å². The van der Waals surface area contributed by atoms with Crippen LogP contribution < -0.4 is 5.32 Å². The van der Waals surface area contributed by atoms with Gasteiger partial charge in [0.15, 0.2) is 0 Å². The van der Waals surface area contributed by atoms with E-state index in [0.29, 0.717) is 24.8 Å². The molecule has 39 heavy (non-hydrogen) atoms. The number of allylic oxidation sites excluding steroid dienone is 12. The van der Waals surface area contributed by atoms with Crippen molar-refractivity contribution in [2.45, 2.75) is 97.1 Å². The summed E-state index contributed by atoms with van der Waals surface area (Å²) in [5.41, 5.74) is -0.292. The van der Waals surface area contributed by atoms with Gasteiger partial charge in [-0.2, -0.15) is 0 Å². The SMILES string of the molecule is CCC=CCC=CCC=CCC=CCC=CCC=CCCC(=O)NC(C)CC(C)(C)OC(=O)c1cccnc1. The molecule has 212 valence electrons. The van der Waals surface area contributed by atoms with Crippen molar-refractivity contribution in [2.75, 3.05) is 0 Å². The number of nitrogens with one attached hydrogen (secondary N) is 1. The summed E-state index contributed by atoms with van der Waals surface area (Å²) in [6.07, 6.45) is 36.6. The van der Waals surface area contributed by atoms with E-state index in [1.807, 2.05) is 26.8 Å². The third-order valence-electron chi connectivity index (χ3n) is 5.61. The highest BCUT2D eigenvalue weighted by molar-refractivity contribution is 5.89. The summed E-state index contributed by atoms with van der Waals surface area (Å²) >= 11 is 0. The molecule has 0 spiro atoms. The smallest absolute Gasteiger partial charge is 0.340 e. The van der Waals surface area contributed by atoms with Crippen LogP contribution in [-0.4, -0.2) is 28.5 Å². The fourth-order valence-corrected chi connectivity index (χ4v) is 3.82. The number of esters is 1. The van der Waals surface area contributed by atoms with E-state index in [0.717, 1.165) is 38.5 Å². The highest BCUT2D eigenvalue weighted by Gasteiger charge is 2.26. The molecule has 1 heterocycles. The van der Waals surface area contributed by atoms with Gasteiger partial charge in [0.1, 0.15) is 5.60 Å². The second-order valence-corrected chi connectivity index (χ2v) is 10.0. The molecule has 0 saturated carbocycles. The number of carbonyl (C=O) groups excluding carboxylic acids is 2. The average molecular weight is 533 g/mol. The lowest BCUT2D eigenvalue weighted by atomic mass is 9.99. The van der Waals surface area contributed by atoms with Crippen LogP contribution in [0, 0.1) is 0 Å². The van der Waals surface area contributed by atoms with Crippen molar-refractivity contribution in [3.8, 4) is 0 Å². The zero-order chi connectivity index (χ0) is 28.6. The molecule has 1 rings (SSSR count). The summed E-state index contributed by atoms with van der Waals surface area (Å²) in [4.78, 5) is 28.5. The van der Waals surface area contributed by atoms with Crippen molar-refractivity contribution in [1.29, 1.82) is 0 Å². The number of nitrogens with zero attached hydrogens (tertiary/aromatic N) is 1. The molecule has 1 aromatic rings. The molecular weight excluding hydrogens is 484 g/mol. The molecule has 0 aromatic carbocycles. The van der Waals surface area contributed by atoms with E-state index in [9.17, 15) is 9.59 Å². The number of amides is 1. The minimum Gasteiger partial charge on any atom is -0.456 e. The Balaban J connectivity index is 2.12. The average Bonchev–Trinajstić information content (AvgIpc) is 2.89. The van der Waals surface area contributed by atoms with Crippen molar-refractivity contribution in [2.24, 2.45) is 0 Å². The van der Waals surface area contributed by atoms with Crippen molar-refractivity contribution in [1.82, 2.24) is 10.3 Å². The molecule has 0 aliphatic heterocycles. The standard InChI is InChI=1S/C34H48N2O3/c1-5-6-7-8-9-10-11-12-13-14-15-16-17-18-19-20-21-22-23-26-32(37)36-30(2)28-34(3,4)39-33(38)31-25-24-27-35-29-31/h6-7,9-10,12-13,15-16,18-19,21-22,24-25,27,29-30H,5,8,11,14,17,20,23,26,28H2,1-4H3,(H,36,37). The fraction of sp³-hybridized carbons (Fsp3) is 0.441. The molecule has 5 heteroatoms. The summed E-state index contributed by atoms with van der Waals surface area (Å²) in [7, 11) is 0. The molecule has 5 nitrogen and oxygen atoms in total. The van der Waals surface area contributed by atoms with Crippen molar-refractivity contribution >= 4 is 11.9 Å². The van der Waals surface area contributed by atoms with Crippen LogP contribution in [0.2, 0.25) is 0 Å². The lowest BCUT2D eigenvalue weighted by Gasteiger charge is -2.28. The van der Waals surface area contributed by atoms with Crippen LogP contribution in [0.4, 0.5) is 0 Å². The third-order valence-corrected chi connectivity index (χ3v) is 5.61. The predicted octanol–water partition coefficient (Wildman–Crippen LogP) is 8.39. The monoisotopic (exact) mass is 532 g/mol. The first-order chi connectivity index (χ1) is 18.8. The van der Waals surface area contributed by atoms with Gasteiger partial charge < -0.3 is 10.1 Å². The minimum absolute atomic E-state index is 0.00332. The predicted molar refractivity (Wildman–Crippen MR) is 163 cm³/mol. The largest absolute Gasteiger partial charge is 0.456 e. The minimum atomic E-state index is -0.708. The maximum Gasteiger partial charge on any atom is 0.340 e. The fourth-order valence-electron chi connectivity index (χ4n) is 3.82. The molecule has 0 aliphatic carbocycles. The van der Waals surface area contributed by atoms with Gasteiger partial charge in [0, 0.05) is 31.3 Å². The van der Waals surface area contributed by atoms with E-state index >= 15 is 0 Å².